The van der Waals surface area contributed by atoms with Crippen molar-refractivity contribution in [3.05, 3.63) is 56.0 Å². The lowest BCUT2D eigenvalue weighted by Crippen LogP contribution is -2.47. The van der Waals surface area contributed by atoms with Gasteiger partial charge in [0, 0.05) is 32.6 Å². The predicted molar refractivity (Wildman–Crippen MR) is 144 cm³/mol. The summed E-state index contributed by atoms with van der Waals surface area (Å²) in [4.78, 5) is 53.8. The zero-order valence-electron chi connectivity index (χ0n) is 21.6. The van der Waals surface area contributed by atoms with Crippen LogP contribution in [0.25, 0.3) is 10.2 Å². The Morgan fingerprint density at radius 3 is 2.61 bits per heavy atom. The maximum absolute atomic E-state index is 13.4. The number of fused-ring (bicyclic) bond motifs is 2. The molecule has 0 bridgehead atoms. The van der Waals surface area contributed by atoms with Crippen molar-refractivity contribution in [3.63, 3.8) is 0 Å². The van der Waals surface area contributed by atoms with Gasteiger partial charge in [0.05, 0.1) is 5.52 Å². The normalized spacial score (nSPS) is 18.6. The molecule has 1 N–H and O–H groups in total. The standard InChI is InChI=1S/C27H32N4O6S/c1-17-10-18(2)14-29(13-17)24(33)15-31-20-7-9-38-25(20)26(34)30(27(31)35)8-3-4-23(32)28-12-19-5-6-21-22(11-19)37-16-36-21/h5-7,9,11,17-18H,3-4,8,10,12-16H2,1-2H3,(H,28,32)/t17-,18-/m1/s1. The molecule has 2 aliphatic heterocycles. The van der Waals surface area contributed by atoms with Crippen molar-refractivity contribution in [3.8, 4) is 11.5 Å². The fourth-order valence-corrected chi connectivity index (χ4v) is 6.17. The molecule has 2 aliphatic rings. The second-order valence-corrected chi connectivity index (χ2v) is 11.2. The fourth-order valence-electron chi connectivity index (χ4n) is 5.32. The highest BCUT2D eigenvalue weighted by molar-refractivity contribution is 7.17. The lowest BCUT2D eigenvalue weighted by molar-refractivity contribution is -0.134. The van der Waals surface area contributed by atoms with Gasteiger partial charge < -0.3 is 19.7 Å². The van der Waals surface area contributed by atoms with E-state index in [-0.39, 0.29) is 43.7 Å². The number of aromatic nitrogens is 2. The summed E-state index contributed by atoms with van der Waals surface area (Å²) in [6.45, 7) is 6.11. The van der Waals surface area contributed by atoms with E-state index in [2.05, 4.69) is 19.2 Å². The number of nitrogens with one attached hydrogen (secondary N) is 1. The Labute approximate surface area is 223 Å². The van der Waals surface area contributed by atoms with Gasteiger partial charge in [-0.25, -0.2) is 4.79 Å². The summed E-state index contributed by atoms with van der Waals surface area (Å²) in [6.07, 6.45) is 1.54. The Morgan fingerprint density at radius 1 is 1.05 bits per heavy atom. The van der Waals surface area contributed by atoms with E-state index in [0.29, 0.717) is 59.6 Å². The molecule has 1 fully saturated rings. The highest BCUT2D eigenvalue weighted by Gasteiger charge is 2.26. The number of benzene rings is 1. The number of ether oxygens (including phenoxy) is 2. The van der Waals surface area contributed by atoms with Crippen LogP contribution in [0.4, 0.5) is 0 Å². The molecule has 4 heterocycles. The first kappa shape index (κ1) is 26.0. The molecule has 10 nitrogen and oxygen atoms in total. The molecule has 11 heteroatoms. The summed E-state index contributed by atoms with van der Waals surface area (Å²) >= 11 is 1.25. The molecular formula is C27H32N4O6S. The third-order valence-corrected chi connectivity index (χ3v) is 7.96. The number of hydrogen-bond acceptors (Lipinski definition) is 7. The number of likely N-dealkylation sites (tertiary alicyclic amines) is 1. The van der Waals surface area contributed by atoms with Gasteiger partial charge in [0.25, 0.3) is 5.56 Å². The van der Waals surface area contributed by atoms with E-state index in [4.69, 9.17) is 9.47 Å². The van der Waals surface area contributed by atoms with E-state index < -0.39 is 5.69 Å². The van der Waals surface area contributed by atoms with Gasteiger partial charge in [-0.1, -0.05) is 19.9 Å². The van der Waals surface area contributed by atoms with Crippen LogP contribution in [0.5, 0.6) is 11.5 Å². The lowest BCUT2D eigenvalue weighted by Gasteiger charge is -2.35. The van der Waals surface area contributed by atoms with E-state index in [0.717, 1.165) is 16.6 Å². The minimum atomic E-state index is -0.520. The van der Waals surface area contributed by atoms with Crippen molar-refractivity contribution in [2.75, 3.05) is 19.9 Å². The molecule has 0 spiro atoms. The summed E-state index contributed by atoms with van der Waals surface area (Å²) in [5, 5.41) is 4.61. The Balaban J connectivity index is 1.24. The van der Waals surface area contributed by atoms with Crippen LogP contribution in [0.2, 0.25) is 0 Å². The molecule has 0 saturated carbocycles. The Morgan fingerprint density at radius 2 is 1.82 bits per heavy atom. The van der Waals surface area contributed by atoms with Gasteiger partial charge in [-0.05, 0) is 53.8 Å². The third-order valence-electron chi connectivity index (χ3n) is 7.06. The van der Waals surface area contributed by atoms with Gasteiger partial charge in [-0.2, -0.15) is 0 Å². The van der Waals surface area contributed by atoms with Gasteiger partial charge in [0.2, 0.25) is 18.6 Å². The molecule has 5 rings (SSSR count). The van der Waals surface area contributed by atoms with Crippen molar-refractivity contribution >= 4 is 33.4 Å². The number of carbonyl (C=O) groups excluding carboxylic acids is 2. The summed E-state index contributed by atoms with van der Waals surface area (Å²) in [5.41, 5.74) is 0.457. The smallest absolute Gasteiger partial charge is 0.332 e. The Hall–Kier alpha value is -3.60. The van der Waals surface area contributed by atoms with E-state index in [9.17, 15) is 19.2 Å². The molecular weight excluding hydrogens is 508 g/mol. The molecule has 1 saturated heterocycles. The van der Waals surface area contributed by atoms with Gasteiger partial charge in [-0.3, -0.25) is 23.5 Å². The highest BCUT2D eigenvalue weighted by atomic mass is 32.1. The molecule has 0 unspecified atom stereocenters. The molecule has 2 aromatic heterocycles. The fraction of sp³-hybridized carbons (Fsp3) is 0.481. The number of nitrogens with zero attached hydrogens (tertiary/aromatic N) is 3. The van der Waals surface area contributed by atoms with Crippen molar-refractivity contribution < 1.29 is 19.1 Å². The van der Waals surface area contributed by atoms with Gasteiger partial charge >= 0.3 is 5.69 Å². The van der Waals surface area contributed by atoms with Crippen LogP contribution >= 0.6 is 11.3 Å². The minimum Gasteiger partial charge on any atom is -0.454 e. The average Bonchev–Trinajstić information content (AvgIpc) is 3.56. The van der Waals surface area contributed by atoms with E-state index in [1.165, 1.54) is 15.9 Å². The van der Waals surface area contributed by atoms with E-state index >= 15 is 0 Å². The zero-order chi connectivity index (χ0) is 26.8. The highest BCUT2D eigenvalue weighted by Crippen LogP contribution is 2.32. The van der Waals surface area contributed by atoms with Crippen LogP contribution in [0.15, 0.2) is 39.2 Å². The maximum Gasteiger partial charge on any atom is 0.332 e. The molecule has 0 aliphatic carbocycles. The second kappa shape index (κ2) is 11.0. The lowest BCUT2D eigenvalue weighted by atomic mass is 9.92. The number of hydrogen-bond donors (Lipinski definition) is 1. The number of piperidine rings is 1. The van der Waals surface area contributed by atoms with Gasteiger partial charge in [0.1, 0.15) is 11.2 Å². The summed E-state index contributed by atoms with van der Waals surface area (Å²) in [5.74, 6) is 1.85. The summed E-state index contributed by atoms with van der Waals surface area (Å²) in [6, 6.07) is 7.20. The first-order chi connectivity index (χ1) is 18.3. The topological polar surface area (TPSA) is 112 Å². The molecule has 2 atom stereocenters. The zero-order valence-corrected chi connectivity index (χ0v) is 22.4. The first-order valence-corrected chi connectivity index (χ1v) is 13.8. The molecule has 3 aromatic rings. The van der Waals surface area contributed by atoms with Gasteiger partial charge in [0.15, 0.2) is 11.5 Å². The predicted octanol–water partition coefficient (Wildman–Crippen LogP) is 2.55. The quantitative estimate of drug-likeness (QED) is 0.470. The van der Waals surface area contributed by atoms with Crippen LogP contribution < -0.4 is 26.0 Å². The second-order valence-electron chi connectivity index (χ2n) is 10.3. The molecule has 0 radical (unpaired) electrons. The molecule has 2 amide bonds. The Bertz CT molecular complexity index is 1460. The van der Waals surface area contributed by atoms with Crippen molar-refractivity contribution in [1.29, 1.82) is 0 Å². The molecule has 1 aromatic carbocycles. The van der Waals surface area contributed by atoms with Gasteiger partial charge in [-0.15, -0.1) is 11.3 Å². The summed E-state index contributed by atoms with van der Waals surface area (Å²) < 4.78 is 13.6. The number of carbonyl (C=O) groups is 2. The monoisotopic (exact) mass is 540 g/mol. The SMILES string of the molecule is C[C@@H]1C[C@@H](C)CN(C(=O)Cn2c(=O)n(CCCC(=O)NCc3ccc4c(c3)OCO4)c(=O)c3sccc32)C1. The van der Waals surface area contributed by atoms with Crippen LogP contribution in [0.3, 0.4) is 0 Å². The largest absolute Gasteiger partial charge is 0.454 e. The average molecular weight is 541 g/mol. The van der Waals surface area contributed by atoms with Crippen molar-refractivity contribution in [2.24, 2.45) is 11.8 Å². The van der Waals surface area contributed by atoms with Crippen LogP contribution in [0.1, 0.15) is 38.7 Å². The number of thiophene rings is 1. The third kappa shape index (κ3) is 5.47. The maximum atomic E-state index is 13.4. The van der Waals surface area contributed by atoms with Crippen molar-refractivity contribution in [1.82, 2.24) is 19.4 Å². The minimum absolute atomic E-state index is 0.0922. The van der Waals surface area contributed by atoms with Crippen LogP contribution in [-0.4, -0.2) is 45.7 Å². The summed E-state index contributed by atoms with van der Waals surface area (Å²) in [7, 11) is 0. The Kier molecular flexibility index (Phi) is 7.55. The van der Waals surface area contributed by atoms with E-state index in [1.54, 1.807) is 17.5 Å². The molecule has 202 valence electrons. The first-order valence-electron chi connectivity index (χ1n) is 12.9. The van der Waals surface area contributed by atoms with E-state index in [1.807, 2.05) is 17.0 Å². The van der Waals surface area contributed by atoms with Crippen molar-refractivity contribution in [2.45, 2.75) is 52.7 Å². The number of rotatable bonds is 8. The molecule has 38 heavy (non-hydrogen) atoms. The number of amides is 2. The van der Waals surface area contributed by atoms with Crippen LogP contribution in [0, 0.1) is 11.8 Å². The van der Waals surface area contributed by atoms with Crippen LogP contribution in [-0.2, 0) is 29.2 Å².